The largest absolute Gasteiger partial charge is 0.378 e. The number of halogens is 1. The Bertz CT molecular complexity index is 774. The third-order valence-corrected chi connectivity index (χ3v) is 5.34. The average Bonchev–Trinajstić information content (AvgIpc) is 3.20. The second kappa shape index (κ2) is 8.37. The molecule has 2 aliphatic rings. The van der Waals surface area contributed by atoms with E-state index in [1.165, 1.54) is 0 Å². The van der Waals surface area contributed by atoms with Gasteiger partial charge in [0.1, 0.15) is 0 Å². The number of rotatable bonds is 4. The van der Waals surface area contributed by atoms with Gasteiger partial charge in [-0.1, -0.05) is 16.8 Å². The molecule has 1 aromatic heterocycles. The van der Waals surface area contributed by atoms with E-state index in [0.29, 0.717) is 42.9 Å². The van der Waals surface area contributed by atoms with Gasteiger partial charge in [0.15, 0.2) is 0 Å². The number of benzene rings is 1. The van der Waals surface area contributed by atoms with Crippen molar-refractivity contribution in [2.75, 3.05) is 32.8 Å². The molecule has 1 aromatic carbocycles. The number of hydrogen-bond acceptors (Lipinski definition) is 6. The molecule has 2 atom stereocenters. The van der Waals surface area contributed by atoms with Gasteiger partial charge in [-0.05, 0) is 37.1 Å². The predicted octanol–water partition coefficient (Wildman–Crippen LogP) is 2.47. The van der Waals surface area contributed by atoms with Crippen LogP contribution in [-0.4, -0.2) is 59.8 Å². The van der Waals surface area contributed by atoms with Crippen LogP contribution in [0, 0.1) is 0 Å². The number of likely N-dealkylation sites (tertiary alicyclic amines) is 1. The highest BCUT2D eigenvalue weighted by atomic mass is 35.5. The number of aromatic nitrogens is 2. The molecule has 0 saturated carbocycles. The van der Waals surface area contributed by atoms with Gasteiger partial charge in [-0.25, -0.2) is 0 Å². The zero-order valence-corrected chi connectivity index (χ0v) is 15.8. The van der Waals surface area contributed by atoms with Gasteiger partial charge < -0.3 is 19.5 Å². The van der Waals surface area contributed by atoms with E-state index < -0.39 is 0 Å². The van der Waals surface area contributed by atoms with Crippen molar-refractivity contribution < 1.29 is 14.1 Å². The monoisotopic (exact) mass is 390 g/mol. The molecule has 2 unspecified atom stereocenters. The fourth-order valence-electron chi connectivity index (χ4n) is 3.61. The van der Waals surface area contributed by atoms with E-state index in [2.05, 4.69) is 15.5 Å². The lowest BCUT2D eigenvalue weighted by atomic mass is 9.97. The number of carbonyl (C=O) groups is 1. The van der Waals surface area contributed by atoms with E-state index >= 15 is 0 Å². The summed E-state index contributed by atoms with van der Waals surface area (Å²) in [5.74, 6) is 1.37. The van der Waals surface area contributed by atoms with E-state index in [0.717, 1.165) is 31.5 Å². The minimum atomic E-state index is 0.0758. The zero-order valence-electron chi connectivity index (χ0n) is 15.1. The first-order valence-electron chi connectivity index (χ1n) is 9.37. The Hall–Kier alpha value is -1.96. The van der Waals surface area contributed by atoms with Gasteiger partial charge in [0.25, 0.3) is 0 Å². The molecular formula is C19H23ClN4O3. The maximum atomic E-state index is 12.7. The molecule has 1 amide bonds. The molecule has 8 heteroatoms. The molecule has 2 aliphatic heterocycles. The van der Waals surface area contributed by atoms with Crippen molar-refractivity contribution in [2.45, 2.75) is 31.2 Å². The van der Waals surface area contributed by atoms with Crippen molar-refractivity contribution in [3.8, 4) is 11.4 Å². The van der Waals surface area contributed by atoms with Crippen molar-refractivity contribution in [2.24, 2.45) is 0 Å². The zero-order chi connectivity index (χ0) is 18.6. The average molecular weight is 391 g/mol. The molecular weight excluding hydrogens is 368 g/mol. The Morgan fingerprint density at radius 1 is 1.33 bits per heavy atom. The highest BCUT2D eigenvalue weighted by Crippen LogP contribution is 2.28. The van der Waals surface area contributed by atoms with Gasteiger partial charge in [-0.2, -0.15) is 4.98 Å². The maximum Gasteiger partial charge on any atom is 0.231 e. The molecule has 2 fully saturated rings. The second-order valence-corrected chi connectivity index (χ2v) is 7.51. The number of ether oxygens (including phenoxy) is 1. The first kappa shape index (κ1) is 18.4. The van der Waals surface area contributed by atoms with Gasteiger partial charge in [0.05, 0.1) is 19.1 Å². The van der Waals surface area contributed by atoms with Gasteiger partial charge in [-0.3, -0.25) is 4.79 Å². The topological polar surface area (TPSA) is 80.5 Å². The van der Waals surface area contributed by atoms with Crippen molar-refractivity contribution in [3.63, 3.8) is 0 Å². The number of morpholine rings is 1. The van der Waals surface area contributed by atoms with E-state index in [9.17, 15) is 4.79 Å². The van der Waals surface area contributed by atoms with Crippen LogP contribution in [0.1, 0.15) is 31.1 Å². The molecule has 2 aromatic rings. The highest BCUT2D eigenvalue weighted by Gasteiger charge is 2.30. The molecule has 0 radical (unpaired) electrons. The maximum absolute atomic E-state index is 12.7. The number of piperidine rings is 1. The third-order valence-electron chi connectivity index (χ3n) is 5.09. The Morgan fingerprint density at radius 2 is 2.19 bits per heavy atom. The smallest absolute Gasteiger partial charge is 0.231 e. The number of amides is 1. The van der Waals surface area contributed by atoms with Gasteiger partial charge in [0.2, 0.25) is 17.6 Å². The number of carbonyl (C=O) groups excluding carboxylic acids is 1. The van der Waals surface area contributed by atoms with E-state index in [-0.39, 0.29) is 17.9 Å². The Morgan fingerprint density at radius 3 is 2.96 bits per heavy atom. The fourth-order valence-corrected chi connectivity index (χ4v) is 3.74. The molecule has 3 heterocycles. The summed E-state index contributed by atoms with van der Waals surface area (Å²) in [6, 6.07) is 7.44. The standard InChI is InChI=1S/C19H23ClN4O3/c20-15-5-3-13(4-6-15)18-22-19(27-23-18)14-2-1-8-24(11-14)17(25)10-16-12-26-9-7-21-16/h3-6,14,16,21H,1-2,7-12H2. The lowest BCUT2D eigenvalue weighted by molar-refractivity contribution is -0.133. The third kappa shape index (κ3) is 4.48. The normalized spacial score (nSPS) is 23.4. The predicted molar refractivity (Wildman–Crippen MR) is 101 cm³/mol. The summed E-state index contributed by atoms with van der Waals surface area (Å²) in [5.41, 5.74) is 0.863. The van der Waals surface area contributed by atoms with Crippen LogP contribution in [0.2, 0.25) is 5.02 Å². The van der Waals surface area contributed by atoms with Gasteiger partial charge >= 0.3 is 0 Å². The molecule has 4 rings (SSSR count). The summed E-state index contributed by atoms with van der Waals surface area (Å²) in [5, 5.41) is 8.10. The van der Waals surface area contributed by atoms with Crippen LogP contribution < -0.4 is 5.32 Å². The van der Waals surface area contributed by atoms with E-state index in [1.807, 2.05) is 17.0 Å². The molecule has 0 aliphatic carbocycles. The van der Waals surface area contributed by atoms with E-state index in [4.69, 9.17) is 20.9 Å². The van der Waals surface area contributed by atoms with Crippen LogP contribution in [0.5, 0.6) is 0 Å². The minimum absolute atomic E-state index is 0.0758. The summed E-state index contributed by atoms with van der Waals surface area (Å²) in [7, 11) is 0. The first-order valence-corrected chi connectivity index (χ1v) is 9.75. The Labute approximate surface area is 163 Å². The quantitative estimate of drug-likeness (QED) is 0.863. The SMILES string of the molecule is O=C(CC1COCCN1)N1CCCC(c2nc(-c3ccc(Cl)cc3)no2)C1. The summed E-state index contributed by atoms with van der Waals surface area (Å²) < 4.78 is 10.9. The minimum Gasteiger partial charge on any atom is -0.378 e. The summed E-state index contributed by atoms with van der Waals surface area (Å²) in [6.45, 7) is 3.51. The lowest BCUT2D eigenvalue weighted by Crippen LogP contribution is -2.46. The molecule has 0 bridgehead atoms. The van der Waals surface area contributed by atoms with Gasteiger partial charge in [0, 0.05) is 42.7 Å². The fraction of sp³-hybridized carbons (Fsp3) is 0.526. The first-order chi connectivity index (χ1) is 13.2. The van der Waals surface area contributed by atoms with Crippen LogP contribution in [0.15, 0.2) is 28.8 Å². The van der Waals surface area contributed by atoms with Crippen LogP contribution in [0.3, 0.4) is 0 Å². The molecule has 0 spiro atoms. The number of hydrogen-bond donors (Lipinski definition) is 1. The van der Waals surface area contributed by atoms with Crippen molar-refractivity contribution >= 4 is 17.5 Å². The highest BCUT2D eigenvalue weighted by molar-refractivity contribution is 6.30. The lowest BCUT2D eigenvalue weighted by Gasteiger charge is -2.33. The van der Waals surface area contributed by atoms with Crippen LogP contribution in [-0.2, 0) is 9.53 Å². The summed E-state index contributed by atoms with van der Waals surface area (Å²) in [6.07, 6.45) is 2.34. The van der Waals surface area contributed by atoms with Crippen molar-refractivity contribution in [1.82, 2.24) is 20.4 Å². The molecule has 7 nitrogen and oxygen atoms in total. The number of nitrogens with zero attached hydrogens (tertiary/aromatic N) is 3. The molecule has 2 saturated heterocycles. The Kier molecular flexibility index (Phi) is 5.71. The van der Waals surface area contributed by atoms with Gasteiger partial charge in [-0.15, -0.1) is 0 Å². The van der Waals surface area contributed by atoms with Crippen LogP contribution in [0.4, 0.5) is 0 Å². The summed E-state index contributed by atoms with van der Waals surface area (Å²) in [4.78, 5) is 19.1. The Balaban J connectivity index is 1.39. The molecule has 1 N–H and O–H groups in total. The van der Waals surface area contributed by atoms with Crippen LogP contribution in [0.25, 0.3) is 11.4 Å². The molecule has 144 valence electrons. The molecule has 27 heavy (non-hydrogen) atoms. The summed E-state index contributed by atoms with van der Waals surface area (Å²) >= 11 is 5.93. The number of nitrogens with one attached hydrogen (secondary N) is 1. The van der Waals surface area contributed by atoms with Crippen molar-refractivity contribution in [1.29, 1.82) is 0 Å². The van der Waals surface area contributed by atoms with Crippen molar-refractivity contribution in [3.05, 3.63) is 35.2 Å². The second-order valence-electron chi connectivity index (χ2n) is 7.07. The van der Waals surface area contributed by atoms with Crippen LogP contribution >= 0.6 is 11.6 Å². The van der Waals surface area contributed by atoms with E-state index in [1.54, 1.807) is 12.1 Å².